The zero-order valence-electron chi connectivity index (χ0n) is 13.3. The maximum absolute atomic E-state index is 12.5. The number of hydrogen-bond donors (Lipinski definition) is 2. The molecule has 7 heteroatoms. The van der Waals surface area contributed by atoms with Crippen LogP contribution in [0.5, 0.6) is 11.5 Å². The first-order chi connectivity index (χ1) is 11.0. The largest absolute Gasteiger partial charge is 0.497 e. The summed E-state index contributed by atoms with van der Waals surface area (Å²) in [7, 11) is -0.589. The first-order valence-electron chi connectivity index (χ1n) is 7.09. The van der Waals surface area contributed by atoms with Gasteiger partial charge >= 0.3 is 0 Å². The van der Waals surface area contributed by atoms with E-state index >= 15 is 0 Å². The average molecular weight is 336 g/mol. The molecule has 0 fully saturated rings. The van der Waals surface area contributed by atoms with Gasteiger partial charge in [0.1, 0.15) is 11.5 Å². The van der Waals surface area contributed by atoms with Gasteiger partial charge in [-0.25, -0.2) is 8.42 Å². The van der Waals surface area contributed by atoms with E-state index in [2.05, 4.69) is 10.0 Å². The molecule has 0 spiro atoms. The zero-order chi connectivity index (χ0) is 16.9. The smallest absolute Gasteiger partial charge is 0.261 e. The third kappa shape index (κ3) is 4.07. The van der Waals surface area contributed by atoms with Gasteiger partial charge in [-0.1, -0.05) is 0 Å². The number of methoxy groups -OCH3 is 2. The van der Waals surface area contributed by atoms with Gasteiger partial charge in [-0.3, -0.25) is 4.72 Å². The predicted molar refractivity (Wildman–Crippen MR) is 91.0 cm³/mol. The Kier molecular flexibility index (Phi) is 5.33. The normalized spacial score (nSPS) is 10.9. The molecular weight excluding hydrogens is 316 g/mol. The van der Waals surface area contributed by atoms with Crippen molar-refractivity contribution in [2.75, 3.05) is 30.8 Å². The first kappa shape index (κ1) is 17.0. The van der Waals surface area contributed by atoms with Crippen molar-refractivity contribution in [3.8, 4) is 11.5 Å². The molecular formula is C16H20N2O4S. The van der Waals surface area contributed by atoms with E-state index in [1.165, 1.54) is 6.07 Å². The number of hydrogen-bond acceptors (Lipinski definition) is 5. The minimum Gasteiger partial charge on any atom is -0.497 e. The van der Waals surface area contributed by atoms with Crippen molar-refractivity contribution >= 4 is 21.4 Å². The highest BCUT2D eigenvalue weighted by molar-refractivity contribution is 7.92. The van der Waals surface area contributed by atoms with E-state index in [0.717, 1.165) is 0 Å². The van der Waals surface area contributed by atoms with E-state index in [0.29, 0.717) is 29.4 Å². The van der Waals surface area contributed by atoms with Crippen LogP contribution in [0.25, 0.3) is 0 Å². The molecule has 124 valence electrons. The summed E-state index contributed by atoms with van der Waals surface area (Å²) in [5, 5.41) is 3.08. The van der Waals surface area contributed by atoms with Gasteiger partial charge in [0.15, 0.2) is 0 Å². The fourth-order valence-corrected chi connectivity index (χ4v) is 3.14. The zero-order valence-corrected chi connectivity index (χ0v) is 14.1. The van der Waals surface area contributed by atoms with Crippen molar-refractivity contribution in [3.05, 3.63) is 42.5 Å². The van der Waals surface area contributed by atoms with Crippen LogP contribution >= 0.6 is 0 Å². The van der Waals surface area contributed by atoms with Crippen LogP contribution in [-0.4, -0.2) is 29.2 Å². The van der Waals surface area contributed by atoms with Crippen molar-refractivity contribution in [1.29, 1.82) is 0 Å². The molecule has 6 nitrogen and oxygen atoms in total. The van der Waals surface area contributed by atoms with E-state index in [9.17, 15) is 8.42 Å². The van der Waals surface area contributed by atoms with Crippen molar-refractivity contribution in [2.24, 2.45) is 0 Å². The summed E-state index contributed by atoms with van der Waals surface area (Å²) in [4.78, 5) is 0.157. The van der Waals surface area contributed by atoms with Crippen LogP contribution in [-0.2, 0) is 10.0 Å². The summed E-state index contributed by atoms with van der Waals surface area (Å²) in [6, 6.07) is 11.3. The maximum atomic E-state index is 12.5. The van der Waals surface area contributed by atoms with Crippen LogP contribution in [0.1, 0.15) is 6.92 Å². The highest BCUT2D eigenvalue weighted by Gasteiger charge is 2.16. The second kappa shape index (κ2) is 7.23. The minimum absolute atomic E-state index is 0.157. The lowest BCUT2D eigenvalue weighted by Crippen LogP contribution is -2.13. The van der Waals surface area contributed by atoms with Crippen molar-refractivity contribution in [3.63, 3.8) is 0 Å². The molecule has 0 bridgehead atoms. The van der Waals surface area contributed by atoms with Crippen molar-refractivity contribution < 1.29 is 17.9 Å². The summed E-state index contributed by atoms with van der Waals surface area (Å²) in [6.07, 6.45) is 0. The van der Waals surface area contributed by atoms with Gasteiger partial charge in [-0.15, -0.1) is 0 Å². The summed E-state index contributed by atoms with van der Waals surface area (Å²) in [5.74, 6) is 1.25. The lowest BCUT2D eigenvalue weighted by Gasteiger charge is -2.13. The lowest BCUT2D eigenvalue weighted by atomic mass is 10.3. The summed E-state index contributed by atoms with van der Waals surface area (Å²) >= 11 is 0. The number of benzene rings is 2. The molecule has 0 unspecified atom stereocenters. The molecule has 2 rings (SSSR count). The Morgan fingerprint density at radius 2 is 1.70 bits per heavy atom. The molecule has 2 aromatic carbocycles. The molecule has 0 saturated heterocycles. The number of rotatable bonds is 7. The van der Waals surface area contributed by atoms with Crippen LogP contribution in [0.15, 0.2) is 47.4 Å². The van der Waals surface area contributed by atoms with Crippen LogP contribution in [0.3, 0.4) is 0 Å². The van der Waals surface area contributed by atoms with E-state index in [-0.39, 0.29) is 4.90 Å². The third-order valence-corrected chi connectivity index (χ3v) is 4.57. The Morgan fingerprint density at radius 3 is 2.26 bits per heavy atom. The molecule has 0 aromatic heterocycles. The Labute approximate surface area is 136 Å². The van der Waals surface area contributed by atoms with Crippen molar-refractivity contribution in [1.82, 2.24) is 0 Å². The molecule has 2 aromatic rings. The van der Waals surface area contributed by atoms with Crippen LogP contribution < -0.4 is 19.5 Å². The van der Waals surface area contributed by atoms with Gasteiger partial charge in [0, 0.05) is 12.2 Å². The molecule has 0 amide bonds. The monoisotopic (exact) mass is 336 g/mol. The van der Waals surface area contributed by atoms with Gasteiger partial charge < -0.3 is 14.8 Å². The highest BCUT2D eigenvalue weighted by atomic mass is 32.2. The number of anilines is 2. The quantitative estimate of drug-likeness (QED) is 0.813. The van der Waals surface area contributed by atoms with E-state index < -0.39 is 10.0 Å². The molecule has 0 aliphatic rings. The van der Waals surface area contributed by atoms with E-state index in [4.69, 9.17) is 9.47 Å². The van der Waals surface area contributed by atoms with Crippen molar-refractivity contribution in [2.45, 2.75) is 11.8 Å². The third-order valence-electron chi connectivity index (χ3n) is 3.19. The van der Waals surface area contributed by atoms with Crippen LogP contribution in [0.4, 0.5) is 11.4 Å². The van der Waals surface area contributed by atoms with E-state index in [1.807, 2.05) is 6.92 Å². The number of nitrogens with one attached hydrogen (secondary N) is 2. The Hall–Kier alpha value is -2.41. The Morgan fingerprint density at radius 1 is 1.00 bits per heavy atom. The SMILES string of the molecule is CCNc1cc(S(=O)(=O)Nc2ccc(OC)cc2)ccc1OC. The van der Waals surface area contributed by atoms with Gasteiger partial charge in [0.2, 0.25) is 0 Å². The van der Waals surface area contributed by atoms with Crippen LogP contribution in [0.2, 0.25) is 0 Å². The number of ether oxygens (including phenoxy) is 2. The predicted octanol–water partition coefficient (Wildman–Crippen LogP) is 2.94. The van der Waals surface area contributed by atoms with Gasteiger partial charge in [-0.05, 0) is 49.4 Å². The van der Waals surface area contributed by atoms with Crippen LogP contribution in [0, 0.1) is 0 Å². The molecule has 23 heavy (non-hydrogen) atoms. The van der Waals surface area contributed by atoms with E-state index in [1.54, 1.807) is 50.6 Å². The minimum atomic E-state index is -3.69. The molecule has 0 heterocycles. The molecule has 2 N–H and O–H groups in total. The second-order valence-corrected chi connectivity index (χ2v) is 6.41. The second-order valence-electron chi connectivity index (χ2n) is 4.73. The van der Waals surface area contributed by atoms with Gasteiger partial charge in [0.25, 0.3) is 10.0 Å². The molecule has 0 atom stereocenters. The summed E-state index contributed by atoms with van der Waals surface area (Å²) in [6.45, 7) is 2.59. The Bertz CT molecular complexity index is 758. The summed E-state index contributed by atoms with van der Waals surface area (Å²) in [5.41, 5.74) is 1.10. The summed E-state index contributed by atoms with van der Waals surface area (Å²) < 4.78 is 37.8. The lowest BCUT2D eigenvalue weighted by molar-refractivity contribution is 0.415. The average Bonchev–Trinajstić information content (AvgIpc) is 2.55. The Balaban J connectivity index is 2.29. The highest BCUT2D eigenvalue weighted by Crippen LogP contribution is 2.28. The molecule has 0 aliphatic heterocycles. The fourth-order valence-electron chi connectivity index (χ4n) is 2.06. The topological polar surface area (TPSA) is 76.7 Å². The maximum Gasteiger partial charge on any atom is 0.261 e. The molecule has 0 radical (unpaired) electrons. The molecule has 0 saturated carbocycles. The molecule has 0 aliphatic carbocycles. The fraction of sp³-hybridized carbons (Fsp3) is 0.250. The van der Waals surface area contributed by atoms with Gasteiger partial charge in [0.05, 0.1) is 24.8 Å². The number of sulfonamides is 1. The van der Waals surface area contributed by atoms with Gasteiger partial charge in [-0.2, -0.15) is 0 Å². The standard InChI is InChI=1S/C16H20N2O4S/c1-4-17-15-11-14(9-10-16(15)22-3)23(19,20)18-12-5-7-13(21-2)8-6-12/h5-11,17-18H,4H2,1-3H3. The first-order valence-corrected chi connectivity index (χ1v) is 8.57.